The number of pyridine rings is 2. The number of imidazole rings is 2. The molecule has 8 heteroatoms. The Morgan fingerprint density at radius 2 is 1.25 bits per heavy atom. The molecule has 1 saturated carbocycles. The first-order valence-electron chi connectivity index (χ1n) is 10.8. The summed E-state index contributed by atoms with van der Waals surface area (Å²) < 4.78 is 15.1. The molecule has 1 aliphatic rings. The number of esters is 2. The number of carbonyl (C=O) groups excluding carboxylic acids is 2. The third kappa shape index (κ3) is 3.95. The normalized spacial score (nSPS) is 18.7. The average molecular weight is 432 g/mol. The second kappa shape index (κ2) is 8.11. The van der Waals surface area contributed by atoms with E-state index in [1.54, 1.807) is 21.2 Å². The minimum Gasteiger partial charge on any atom is -0.454 e. The predicted octanol–water partition coefficient (Wildman–Crippen LogP) is 3.92. The van der Waals surface area contributed by atoms with E-state index in [0.29, 0.717) is 24.1 Å². The smallest absolute Gasteiger partial charge is 0.358 e. The Balaban J connectivity index is 1.30. The molecule has 0 amide bonds. The molecule has 4 heterocycles. The largest absolute Gasteiger partial charge is 0.454 e. The highest BCUT2D eigenvalue weighted by Gasteiger charge is 2.33. The van der Waals surface area contributed by atoms with Crippen molar-refractivity contribution in [2.75, 3.05) is 0 Å². The van der Waals surface area contributed by atoms with Gasteiger partial charge in [-0.05, 0) is 74.9 Å². The first-order valence-corrected chi connectivity index (χ1v) is 10.8. The summed E-state index contributed by atoms with van der Waals surface area (Å²) in [5.41, 5.74) is 3.97. The van der Waals surface area contributed by atoms with Gasteiger partial charge in [0.25, 0.3) is 0 Å². The zero-order valence-corrected chi connectivity index (χ0v) is 18.0. The van der Waals surface area contributed by atoms with Crippen molar-refractivity contribution in [3.05, 3.63) is 71.6 Å². The zero-order valence-electron chi connectivity index (χ0n) is 18.0. The highest BCUT2D eigenvalue weighted by Crippen LogP contribution is 2.26. The maximum Gasteiger partial charge on any atom is 0.358 e. The van der Waals surface area contributed by atoms with Crippen LogP contribution in [0.15, 0.2) is 49.1 Å². The van der Waals surface area contributed by atoms with Crippen LogP contribution in [0, 0.1) is 13.8 Å². The highest BCUT2D eigenvalue weighted by molar-refractivity contribution is 5.89. The topological polar surface area (TPSA) is 87.2 Å². The molecule has 32 heavy (non-hydrogen) atoms. The van der Waals surface area contributed by atoms with Crippen LogP contribution in [0.2, 0.25) is 0 Å². The molecule has 0 radical (unpaired) electrons. The summed E-state index contributed by atoms with van der Waals surface area (Å²) in [5.74, 6) is -1.02. The van der Waals surface area contributed by atoms with Gasteiger partial charge >= 0.3 is 11.9 Å². The van der Waals surface area contributed by atoms with Crippen LogP contribution in [0.4, 0.5) is 0 Å². The van der Waals surface area contributed by atoms with Crippen LogP contribution >= 0.6 is 0 Å². The molecule has 4 aromatic rings. The standard InChI is InChI=1S/C24H24N4O4/c1-15-7-9-27-13-17(25-21(27)11-15)23(29)31-19-5-3-4-6-20(19)32-24(30)18-14-28-10-8-16(2)12-22(28)26-18/h7-14,19-20H,3-6H2,1-2H3/t19-,20+. The number of hydrogen-bond donors (Lipinski definition) is 0. The van der Waals surface area contributed by atoms with Crippen molar-refractivity contribution in [2.24, 2.45) is 0 Å². The summed E-state index contributed by atoms with van der Waals surface area (Å²) in [6.07, 6.45) is 9.09. The van der Waals surface area contributed by atoms with Crippen LogP contribution in [0.3, 0.4) is 0 Å². The summed E-state index contributed by atoms with van der Waals surface area (Å²) in [7, 11) is 0. The minimum absolute atomic E-state index is 0.238. The van der Waals surface area contributed by atoms with Crippen LogP contribution < -0.4 is 0 Å². The Labute approximate surface area is 184 Å². The molecular weight excluding hydrogens is 408 g/mol. The van der Waals surface area contributed by atoms with Crippen LogP contribution in [0.5, 0.6) is 0 Å². The van der Waals surface area contributed by atoms with E-state index in [0.717, 1.165) is 24.0 Å². The summed E-state index contributed by atoms with van der Waals surface area (Å²) in [6.45, 7) is 3.94. The lowest BCUT2D eigenvalue weighted by molar-refractivity contribution is -0.0518. The van der Waals surface area contributed by atoms with E-state index in [2.05, 4.69) is 9.97 Å². The fraction of sp³-hybridized carbons (Fsp3) is 0.333. The molecule has 0 aliphatic heterocycles. The summed E-state index contributed by atoms with van der Waals surface area (Å²) in [4.78, 5) is 34.3. The van der Waals surface area contributed by atoms with E-state index in [1.165, 1.54) is 0 Å². The lowest BCUT2D eigenvalue weighted by Gasteiger charge is -2.30. The van der Waals surface area contributed by atoms with Crippen molar-refractivity contribution in [3.63, 3.8) is 0 Å². The maximum atomic E-state index is 12.8. The van der Waals surface area contributed by atoms with E-state index in [1.807, 2.05) is 50.5 Å². The lowest BCUT2D eigenvalue weighted by atomic mass is 9.94. The molecule has 0 N–H and O–H groups in total. The van der Waals surface area contributed by atoms with E-state index < -0.39 is 24.1 Å². The van der Waals surface area contributed by atoms with Gasteiger partial charge in [0.05, 0.1) is 0 Å². The van der Waals surface area contributed by atoms with Gasteiger partial charge in [0.2, 0.25) is 0 Å². The first kappa shape index (κ1) is 20.2. The van der Waals surface area contributed by atoms with Crippen LogP contribution in [-0.2, 0) is 9.47 Å². The third-order valence-corrected chi connectivity index (χ3v) is 5.81. The monoisotopic (exact) mass is 432 g/mol. The number of fused-ring (bicyclic) bond motifs is 2. The van der Waals surface area contributed by atoms with Crippen molar-refractivity contribution < 1.29 is 19.1 Å². The second-order valence-electron chi connectivity index (χ2n) is 8.36. The molecule has 0 unspecified atom stereocenters. The Morgan fingerprint density at radius 1 is 0.812 bits per heavy atom. The quantitative estimate of drug-likeness (QED) is 0.454. The van der Waals surface area contributed by atoms with E-state index in [9.17, 15) is 9.59 Å². The summed E-state index contributed by atoms with van der Waals surface area (Å²) >= 11 is 0. The van der Waals surface area contributed by atoms with Gasteiger partial charge in [-0.15, -0.1) is 0 Å². The molecule has 0 aromatic carbocycles. The maximum absolute atomic E-state index is 12.8. The average Bonchev–Trinajstić information content (AvgIpc) is 3.38. The number of carbonyl (C=O) groups is 2. The Morgan fingerprint density at radius 3 is 1.69 bits per heavy atom. The predicted molar refractivity (Wildman–Crippen MR) is 117 cm³/mol. The second-order valence-corrected chi connectivity index (χ2v) is 8.36. The van der Waals surface area contributed by atoms with Gasteiger partial charge < -0.3 is 18.3 Å². The van der Waals surface area contributed by atoms with Gasteiger partial charge in [-0.1, -0.05) is 0 Å². The van der Waals surface area contributed by atoms with Crippen molar-refractivity contribution in [2.45, 2.75) is 51.7 Å². The molecule has 5 rings (SSSR count). The molecule has 1 aliphatic carbocycles. The van der Waals surface area contributed by atoms with Gasteiger partial charge in [-0.2, -0.15) is 0 Å². The number of aromatic nitrogens is 4. The lowest BCUT2D eigenvalue weighted by Crippen LogP contribution is -2.38. The Bertz CT molecular complexity index is 1220. The van der Waals surface area contributed by atoms with E-state index in [4.69, 9.17) is 9.47 Å². The van der Waals surface area contributed by atoms with Gasteiger partial charge in [0.15, 0.2) is 11.4 Å². The number of hydrogen-bond acceptors (Lipinski definition) is 6. The number of rotatable bonds is 4. The molecule has 0 bridgehead atoms. The van der Waals surface area contributed by atoms with Crippen molar-refractivity contribution in [1.29, 1.82) is 0 Å². The highest BCUT2D eigenvalue weighted by atomic mass is 16.6. The number of nitrogens with zero attached hydrogens (tertiary/aromatic N) is 4. The van der Waals surface area contributed by atoms with Crippen LogP contribution in [-0.4, -0.2) is 42.9 Å². The molecular formula is C24H24N4O4. The SMILES string of the molecule is Cc1ccn2cc(C(=O)O[C@H]3CCCC[C@H]3OC(=O)c3cn4ccc(C)cc4n3)nc2c1. The zero-order chi connectivity index (χ0) is 22.2. The number of aryl methyl sites for hydroxylation is 2. The number of ether oxygens (including phenoxy) is 2. The van der Waals surface area contributed by atoms with Crippen molar-refractivity contribution in [3.8, 4) is 0 Å². The first-order chi connectivity index (χ1) is 15.5. The summed E-state index contributed by atoms with van der Waals surface area (Å²) in [5, 5.41) is 0. The molecule has 164 valence electrons. The molecule has 0 saturated heterocycles. The molecule has 4 aromatic heterocycles. The Hall–Kier alpha value is -3.68. The van der Waals surface area contributed by atoms with Gasteiger partial charge in [0.1, 0.15) is 23.5 Å². The van der Waals surface area contributed by atoms with Gasteiger partial charge in [-0.3, -0.25) is 0 Å². The minimum atomic E-state index is -0.512. The van der Waals surface area contributed by atoms with Crippen molar-refractivity contribution in [1.82, 2.24) is 18.8 Å². The van der Waals surface area contributed by atoms with Crippen molar-refractivity contribution >= 4 is 23.2 Å². The van der Waals surface area contributed by atoms with Crippen LogP contribution in [0.25, 0.3) is 11.3 Å². The van der Waals surface area contributed by atoms with E-state index >= 15 is 0 Å². The molecule has 1 fully saturated rings. The molecule has 8 nitrogen and oxygen atoms in total. The van der Waals surface area contributed by atoms with Gasteiger partial charge in [-0.25, -0.2) is 19.6 Å². The fourth-order valence-electron chi connectivity index (χ4n) is 4.09. The summed E-state index contributed by atoms with van der Waals surface area (Å²) in [6, 6.07) is 7.69. The van der Waals surface area contributed by atoms with Crippen LogP contribution in [0.1, 0.15) is 57.8 Å². The third-order valence-electron chi connectivity index (χ3n) is 5.81. The van der Waals surface area contributed by atoms with Gasteiger partial charge in [0, 0.05) is 24.8 Å². The van der Waals surface area contributed by atoms with E-state index in [-0.39, 0.29) is 11.4 Å². The fourth-order valence-corrected chi connectivity index (χ4v) is 4.09. The Kier molecular flexibility index (Phi) is 5.13. The molecule has 0 spiro atoms. The molecule has 2 atom stereocenters.